The summed E-state index contributed by atoms with van der Waals surface area (Å²) in [6.45, 7) is 6.66. The van der Waals surface area contributed by atoms with Gasteiger partial charge in [-0.05, 0) is 18.9 Å². The molecule has 1 unspecified atom stereocenters. The number of hydrogen-bond acceptors (Lipinski definition) is 1. The Morgan fingerprint density at radius 3 is 2.73 bits per heavy atom. The van der Waals surface area contributed by atoms with Gasteiger partial charge in [-0.2, -0.15) is 12.6 Å². The first-order chi connectivity index (χ1) is 7.20. The lowest BCUT2D eigenvalue weighted by Gasteiger charge is -2.16. The molecule has 1 aromatic rings. The second-order valence-corrected chi connectivity index (χ2v) is 4.78. The van der Waals surface area contributed by atoms with E-state index in [2.05, 4.69) is 38.9 Å². The van der Waals surface area contributed by atoms with Crippen molar-refractivity contribution >= 4 is 25.4 Å². The predicted molar refractivity (Wildman–Crippen MR) is 75.1 cm³/mol. The van der Waals surface area contributed by atoms with Crippen LogP contribution in [0.1, 0.15) is 42.6 Å². The molecule has 0 bridgehead atoms. The number of thiol groups is 1. The number of rotatable bonds is 5. The van der Waals surface area contributed by atoms with Crippen LogP contribution in [0.25, 0.3) is 0 Å². The van der Waals surface area contributed by atoms with E-state index in [-0.39, 0.29) is 0 Å². The van der Waals surface area contributed by atoms with Gasteiger partial charge in [0.15, 0.2) is 7.28 Å². The van der Waals surface area contributed by atoms with Gasteiger partial charge in [0.1, 0.15) is 0 Å². The monoisotopic (exact) mass is 220 g/mol. The van der Waals surface area contributed by atoms with Gasteiger partial charge in [-0.25, -0.2) is 0 Å². The molecular formula is C13H21BS. The van der Waals surface area contributed by atoms with E-state index in [0.29, 0.717) is 5.25 Å². The molecule has 1 aromatic carbocycles. The van der Waals surface area contributed by atoms with Crippen molar-refractivity contribution in [1.82, 2.24) is 0 Å². The zero-order valence-electron chi connectivity index (χ0n) is 10.1. The van der Waals surface area contributed by atoms with E-state index in [1.54, 1.807) is 0 Å². The maximum Gasteiger partial charge on any atom is 0.155 e. The van der Waals surface area contributed by atoms with Crippen molar-refractivity contribution < 1.29 is 0 Å². The minimum Gasteiger partial charge on any atom is -0.171 e. The summed E-state index contributed by atoms with van der Waals surface area (Å²) in [4.78, 5) is 0. The van der Waals surface area contributed by atoms with Crippen molar-refractivity contribution in [3.05, 3.63) is 29.3 Å². The molecule has 1 atom stereocenters. The molecule has 0 N–H and O–H groups in total. The minimum absolute atomic E-state index is 0.416. The highest BCUT2D eigenvalue weighted by atomic mass is 32.1. The first-order valence-electron chi connectivity index (χ1n) is 5.97. The zero-order chi connectivity index (χ0) is 11.3. The third-order valence-electron chi connectivity index (χ3n) is 2.99. The minimum atomic E-state index is 0.416. The number of unbranched alkanes of at least 4 members (excludes halogenated alkanes) is 1. The Labute approximate surface area is 100 Å². The highest BCUT2D eigenvalue weighted by Gasteiger charge is 2.11. The largest absolute Gasteiger partial charge is 0.171 e. The Kier molecular flexibility index (Phi) is 5.31. The topological polar surface area (TPSA) is 0 Å². The van der Waals surface area contributed by atoms with E-state index in [4.69, 9.17) is 12.6 Å². The SMILES string of the molecule is CBc1c(C)cccc1C(S)CCCC. The molecule has 0 aliphatic carbocycles. The lowest BCUT2D eigenvalue weighted by Crippen LogP contribution is -2.21. The molecule has 0 aliphatic rings. The molecule has 82 valence electrons. The van der Waals surface area contributed by atoms with Crippen LogP contribution in [0, 0.1) is 6.92 Å². The van der Waals surface area contributed by atoms with E-state index < -0.39 is 0 Å². The smallest absolute Gasteiger partial charge is 0.155 e. The van der Waals surface area contributed by atoms with Gasteiger partial charge >= 0.3 is 0 Å². The van der Waals surface area contributed by atoms with Crippen LogP contribution in [0.15, 0.2) is 18.2 Å². The van der Waals surface area contributed by atoms with E-state index in [9.17, 15) is 0 Å². The van der Waals surface area contributed by atoms with E-state index in [0.717, 1.165) is 7.28 Å². The molecule has 0 spiro atoms. The van der Waals surface area contributed by atoms with Crippen LogP contribution in [-0.4, -0.2) is 7.28 Å². The second-order valence-electron chi connectivity index (χ2n) is 4.15. The molecule has 0 saturated carbocycles. The Morgan fingerprint density at radius 1 is 1.40 bits per heavy atom. The number of aryl methyl sites for hydroxylation is 1. The number of hydrogen-bond donors (Lipinski definition) is 1. The standard InChI is InChI=1S/C13H21BS/c1-4-5-9-12(15)11-8-6-7-10(2)13(11)14-3/h6-8,12,14-15H,4-5,9H2,1-3H3. The van der Waals surface area contributed by atoms with Gasteiger partial charge in [-0.3, -0.25) is 0 Å². The Hall–Kier alpha value is -0.365. The molecule has 2 heteroatoms. The zero-order valence-corrected chi connectivity index (χ0v) is 11.0. The summed E-state index contributed by atoms with van der Waals surface area (Å²) in [5.41, 5.74) is 4.34. The highest BCUT2D eigenvalue weighted by Crippen LogP contribution is 2.24. The van der Waals surface area contributed by atoms with Crippen molar-refractivity contribution in [3.63, 3.8) is 0 Å². The van der Waals surface area contributed by atoms with Gasteiger partial charge in [0.25, 0.3) is 0 Å². The fourth-order valence-electron chi connectivity index (χ4n) is 2.07. The Morgan fingerprint density at radius 2 is 2.13 bits per heavy atom. The van der Waals surface area contributed by atoms with Crippen LogP contribution in [0.2, 0.25) is 6.82 Å². The molecule has 0 radical (unpaired) electrons. The molecule has 0 aliphatic heterocycles. The van der Waals surface area contributed by atoms with Crippen molar-refractivity contribution in [2.75, 3.05) is 0 Å². The fraction of sp³-hybridized carbons (Fsp3) is 0.538. The first-order valence-corrected chi connectivity index (χ1v) is 6.48. The third-order valence-corrected chi connectivity index (χ3v) is 3.53. The van der Waals surface area contributed by atoms with E-state index >= 15 is 0 Å². The van der Waals surface area contributed by atoms with Gasteiger partial charge in [0.2, 0.25) is 0 Å². The fourth-order valence-corrected chi connectivity index (χ4v) is 2.50. The molecule has 0 amide bonds. The van der Waals surface area contributed by atoms with Crippen LogP contribution in [0.5, 0.6) is 0 Å². The lowest BCUT2D eigenvalue weighted by molar-refractivity contribution is 0.710. The quantitative estimate of drug-likeness (QED) is 0.571. The normalized spacial score (nSPS) is 12.5. The van der Waals surface area contributed by atoms with Crippen molar-refractivity contribution in [1.29, 1.82) is 0 Å². The summed E-state index contributed by atoms with van der Waals surface area (Å²) < 4.78 is 0. The van der Waals surface area contributed by atoms with Gasteiger partial charge < -0.3 is 0 Å². The summed E-state index contributed by atoms with van der Waals surface area (Å²) in [7, 11) is 1.12. The molecule has 0 nitrogen and oxygen atoms in total. The second kappa shape index (κ2) is 6.27. The maximum absolute atomic E-state index is 4.72. The van der Waals surface area contributed by atoms with Crippen LogP contribution in [-0.2, 0) is 0 Å². The van der Waals surface area contributed by atoms with Crippen molar-refractivity contribution in [2.45, 2.75) is 45.2 Å². The Balaban J connectivity index is 2.87. The average molecular weight is 220 g/mol. The van der Waals surface area contributed by atoms with Crippen LogP contribution in [0.3, 0.4) is 0 Å². The van der Waals surface area contributed by atoms with Crippen molar-refractivity contribution in [2.24, 2.45) is 0 Å². The molecule has 1 rings (SSSR count). The van der Waals surface area contributed by atoms with Crippen LogP contribution in [0.4, 0.5) is 0 Å². The predicted octanol–water partition coefficient (Wildman–Crippen LogP) is 3.27. The summed E-state index contributed by atoms with van der Waals surface area (Å²) in [6, 6.07) is 6.58. The summed E-state index contributed by atoms with van der Waals surface area (Å²) in [5.74, 6) is 0. The molecule has 0 heterocycles. The third kappa shape index (κ3) is 3.30. The first kappa shape index (κ1) is 12.7. The molecule has 15 heavy (non-hydrogen) atoms. The summed E-state index contributed by atoms with van der Waals surface area (Å²) in [6.07, 6.45) is 3.71. The van der Waals surface area contributed by atoms with E-state index in [1.165, 1.54) is 35.9 Å². The van der Waals surface area contributed by atoms with Gasteiger partial charge in [0, 0.05) is 5.25 Å². The summed E-state index contributed by atoms with van der Waals surface area (Å²) in [5, 5.41) is 0.416. The summed E-state index contributed by atoms with van der Waals surface area (Å²) >= 11 is 4.72. The van der Waals surface area contributed by atoms with E-state index in [1.807, 2.05) is 0 Å². The molecule has 0 saturated heterocycles. The van der Waals surface area contributed by atoms with Crippen LogP contribution >= 0.6 is 12.6 Å². The molecular weight excluding hydrogens is 199 g/mol. The van der Waals surface area contributed by atoms with Gasteiger partial charge in [-0.1, -0.05) is 55.8 Å². The highest BCUT2D eigenvalue weighted by molar-refractivity contribution is 7.80. The van der Waals surface area contributed by atoms with Crippen LogP contribution < -0.4 is 5.46 Å². The molecule has 0 aromatic heterocycles. The number of benzene rings is 1. The van der Waals surface area contributed by atoms with Gasteiger partial charge in [0.05, 0.1) is 0 Å². The van der Waals surface area contributed by atoms with Gasteiger partial charge in [-0.15, -0.1) is 0 Å². The maximum atomic E-state index is 4.72. The average Bonchev–Trinajstić information content (AvgIpc) is 2.25. The lowest BCUT2D eigenvalue weighted by atomic mass is 9.68. The Bertz CT molecular complexity index is 309. The molecule has 0 fully saturated rings. The van der Waals surface area contributed by atoms with Crippen molar-refractivity contribution in [3.8, 4) is 0 Å².